The van der Waals surface area contributed by atoms with Crippen molar-refractivity contribution in [3.63, 3.8) is 0 Å². The topological polar surface area (TPSA) is 75.3 Å². The number of sulfone groups is 1. The van der Waals surface area contributed by atoms with E-state index in [1.807, 2.05) is 36.4 Å². The van der Waals surface area contributed by atoms with Crippen LogP contribution in [0.5, 0.6) is 0 Å². The molecule has 4 rings (SSSR count). The zero-order valence-corrected chi connectivity index (χ0v) is 16.7. The summed E-state index contributed by atoms with van der Waals surface area (Å²) in [6, 6.07) is 16.4. The van der Waals surface area contributed by atoms with Crippen LogP contribution in [0.15, 0.2) is 54.6 Å². The van der Waals surface area contributed by atoms with Gasteiger partial charge in [-0.1, -0.05) is 42.5 Å². The van der Waals surface area contributed by atoms with E-state index < -0.39 is 9.84 Å². The Bertz CT molecular complexity index is 951. The molecule has 5 nitrogen and oxygen atoms in total. The first-order valence-electron chi connectivity index (χ1n) is 9.81. The van der Waals surface area contributed by atoms with Crippen molar-refractivity contribution in [1.29, 1.82) is 0 Å². The molecule has 1 saturated carbocycles. The molecule has 1 amide bonds. The van der Waals surface area contributed by atoms with Crippen molar-refractivity contribution in [3.05, 3.63) is 65.7 Å². The molecule has 1 aliphatic carbocycles. The van der Waals surface area contributed by atoms with Crippen LogP contribution in [0.1, 0.15) is 30.4 Å². The third-order valence-corrected chi connectivity index (χ3v) is 7.46. The van der Waals surface area contributed by atoms with Gasteiger partial charge < -0.3 is 10.6 Å². The van der Waals surface area contributed by atoms with E-state index in [1.165, 1.54) is 0 Å². The lowest BCUT2D eigenvalue weighted by Gasteiger charge is -2.23. The Balaban J connectivity index is 1.38. The van der Waals surface area contributed by atoms with Crippen LogP contribution in [-0.2, 0) is 26.1 Å². The fourth-order valence-corrected chi connectivity index (χ4v) is 5.79. The first-order chi connectivity index (χ1) is 13.5. The number of piperidine rings is 1. The minimum absolute atomic E-state index is 0.0169. The van der Waals surface area contributed by atoms with Gasteiger partial charge in [-0.2, -0.15) is 0 Å². The van der Waals surface area contributed by atoms with Gasteiger partial charge in [0.25, 0.3) is 0 Å². The predicted octanol–water partition coefficient (Wildman–Crippen LogP) is 3.13. The van der Waals surface area contributed by atoms with Gasteiger partial charge in [0, 0.05) is 11.6 Å². The number of hydrogen-bond donors (Lipinski definition) is 2. The van der Waals surface area contributed by atoms with Gasteiger partial charge in [-0.25, -0.2) is 8.42 Å². The van der Waals surface area contributed by atoms with Gasteiger partial charge in [-0.05, 0) is 61.0 Å². The summed E-state index contributed by atoms with van der Waals surface area (Å²) in [6.45, 7) is 1.97. The lowest BCUT2D eigenvalue weighted by Crippen LogP contribution is -2.31. The smallest absolute Gasteiger partial charge is 0.228 e. The third kappa shape index (κ3) is 4.45. The molecule has 1 aliphatic heterocycles. The van der Waals surface area contributed by atoms with Crippen molar-refractivity contribution in [1.82, 2.24) is 5.32 Å². The highest BCUT2D eigenvalue weighted by molar-refractivity contribution is 7.89. The highest BCUT2D eigenvalue weighted by atomic mass is 32.2. The molecular formula is C22H26N2O3S. The van der Waals surface area contributed by atoms with Gasteiger partial charge in [0.15, 0.2) is 9.84 Å². The standard InChI is InChI=1S/C22H26N2O3S/c25-21(20-14-22(20)9-11-23-12-10-22)24-19-8-4-7-18(13-19)16-28(26,27)15-17-5-2-1-3-6-17/h1-8,13,20,23H,9-12,14-16H2,(H,24,25). The van der Waals surface area contributed by atoms with Gasteiger partial charge in [0.1, 0.15) is 0 Å². The normalized spacial score (nSPS) is 20.6. The van der Waals surface area contributed by atoms with Gasteiger partial charge in [-0.15, -0.1) is 0 Å². The van der Waals surface area contributed by atoms with Crippen molar-refractivity contribution in [2.45, 2.75) is 30.8 Å². The molecule has 1 saturated heterocycles. The number of carbonyl (C=O) groups excluding carboxylic acids is 1. The molecule has 1 spiro atoms. The fraction of sp³-hybridized carbons (Fsp3) is 0.409. The first kappa shape index (κ1) is 19.2. The van der Waals surface area contributed by atoms with Crippen molar-refractivity contribution in [2.24, 2.45) is 11.3 Å². The molecule has 1 heterocycles. The molecule has 148 valence electrons. The Morgan fingerprint density at radius 2 is 1.68 bits per heavy atom. The van der Waals surface area contributed by atoms with Gasteiger partial charge in [0.2, 0.25) is 5.91 Å². The van der Waals surface area contributed by atoms with Gasteiger partial charge in [0.05, 0.1) is 11.5 Å². The molecule has 2 aliphatic rings. The quantitative estimate of drug-likeness (QED) is 0.784. The summed E-state index contributed by atoms with van der Waals surface area (Å²) in [7, 11) is -3.28. The molecule has 6 heteroatoms. The van der Waals surface area contributed by atoms with E-state index >= 15 is 0 Å². The molecule has 28 heavy (non-hydrogen) atoms. The molecule has 2 aromatic rings. The number of nitrogens with one attached hydrogen (secondary N) is 2. The lowest BCUT2D eigenvalue weighted by atomic mass is 9.92. The van der Waals surface area contributed by atoms with Gasteiger partial charge >= 0.3 is 0 Å². The number of benzene rings is 2. The van der Waals surface area contributed by atoms with E-state index in [-0.39, 0.29) is 28.7 Å². The second kappa shape index (κ2) is 7.68. The van der Waals surface area contributed by atoms with Crippen LogP contribution in [0.25, 0.3) is 0 Å². The Kier molecular flexibility index (Phi) is 5.25. The average molecular weight is 399 g/mol. The second-order valence-corrected chi connectivity index (χ2v) is 10.1. The third-order valence-electron chi connectivity index (χ3n) is 5.92. The number of carbonyl (C=O) groups is 1. The SMILES string of the molecule is O=C(Nc1cccc(CS(=O)(=O)Cc2ccccc2)c1)C1CC12CCNCC2. The molecule has 0 aromatic heterocycles. The van der Waals surface area contributed by atoms with Crippen molar-refractivity contribution < 1.29 is 13.2 Å². The molecule has 2 aromatic carbocycles. The number of anilines is 1. The summed E-state index contributed by atoms with van der Waals surface area (Å²) >= 11 is 0. The maximum Gasteiger partial charge on any atom is 0.228 e. The van der Waals surface area contributed by atoms with E-state index in [9.17, 15) is 13.2 Å². The van der Waals surface area contributed by atoms with Crippen molar-refractivity contribution >= 4 is 21.4 Å². The van der Waals surface area contributed by atoms with Crippen LogP contribution in [0.3, 0.4) is 0 Å². The van der Waals surface area contributed by atoms with Crippen molar-refractivity contribution in [2.75, 3.05) is 18.4 Å². The molecular weight excluding hydrogens is 372 g/mol. The van der Waals surface area contributed by atoms with Crippen LogP contribution in [0.4, 0.5) is 5.69 Å². The van der Waals surface area contributed by atoms with E-state index in [2.05, 4.69) is 10.6 Å². The average Bonchev–Trinajstić information content (AvgIpc) is 3.35. The zero-order valence-electron chi connectivity index (χ0n) is 15.9. The van der Waals surface area contributed by atoms with Crippen molar-refractivity contribution in [3.8, 4) is 0 Å². The van der Waals surface area contributed by atoms with Crippen LogP contribution >= 0.6 is 0 Å². The fourth-order valence-electron chi connectivity index (χ4n) is 4.30. The lowest BCUT2D eigenvalue weighted by molar-refractivity contribution is -0.118. The van der Waals surface area contributed by atoms with Gasteiger partial charge in [-0.3, -0.25) is 4.79 Å². The summed E-state index contributed by atoms with van der Waals surface area (Å²) in [6.07, 6.45) is 3.08. The molecule has 0 radical (unpaired) electrons. The predicted molar refractivity (Wildman–Crippen MR) is 110 cm³/mol. The first-order valence-corrected chi connectivity index (χ1v) is 11.6. The molecule has 0 bridgehead atoms. The number of hydrogen-bond acceptors (Lipinski definition) is 4. The van der Waals surface area contributed by atoms with E-state index in [0.29, 0.717) is 11.3 Å². The van der Waals surface area contributed by atoms with Crippen LogP contribution in [0.2, 0.25) is 0 Å². The summed E-state index contributed by atoms with van der Waals surface area (Å²) in [5, 5.41) is 6.34. The highest BCUT2D eigenvalue weighted by Gasteiger charge is 2.57. The molecule has 1 atom stereocenters. The van der Waals surface area contributed by atoms with Crippen LogP contribution < -0.4 is 10.6 Å². The van der Waals surface area contributed by atoms with Crippen LogP contribution in [-0.4, -0.2) is 27.4 Å². The Labute approximate surface area is 166 Å². The van der Waals surface area contributed by atoms with Crippen LogP contribution in [0, 0.1) is 11.3 Å². The van der Waals surface area contributed by atoms with E-state index in [1.54, 1.807) is 18.2 Å². The number of amides is 1. The van der Waals surface area contributed by atoms with E-state index in [0.717, 1.165) is 37.9 Å². The second-order valence-electron chi connectivity index (χ2n) is 8.08. The number of rotatable bonds is 6. The molecule has 2 fully saturated rings. The summed E-state index contributed by atoms with van der Waals surface area (Å²) < 4.78 is 25.1. The minimum atomic E-state index is -3.28. The summed E-state index contributed by atoms with van der Waals surface area (Å²) in [5.74, 6) is 0.125. The Morgan fingerprint density at radius 1 is 1.00 bits per heavy atom. The monoisotopic (exact) mass is 398 g/mol. The Morgan fingerprint density at radius 3 is 2.43 bits per heavy atom. The minimum Gasteiger partial charge on any atom is -0.326 e. The maximum absolute atomic E-state index is 12.6. The zero-order chi connectivity index (χ0) is 19.6. The maximum atomic E-state index is 12.6. The molecule has 1 unspecified atom stereocenters. The Hall–Kier alpha value is -2.18. The summed E-state index contributed by atoms with van der Waals surface area (Å²) in [4.78, 5) is 12.6. The largest absolute Gasteiger partial charge is 0.326 e. The molecule has 2 N–H and O–H groups in total. The highest BCUT2D eigenvalue weighted by Crippen LogP contribution is 2.58. The summed E-state index contributed by atoms with van der Waals surface area (Å²) in [5.41, 5.74) is 2.34. The van der Waals surface area contributed by atoms with E-state index in [4.69, 9.17) is 0 Å².